The highest BCUT2D eigenvalue weighted by atomic mass is 32.2. The van der Waals surface area contributed by atoms with Gasteiger partial charge in [0.25, 0.3) is 5.91 Å². The summed E-state index contributed by atoms with van der Waals surface area (Å²) in [5.41, 5.74) is 0.451. The number of methoxy groups -OCH3 is 1. The lowest BCUT2D eigenvalue weighted by Crippen LogP contribution is -2.50. The van der Waals surface area contributed by atoms with Gasteiger partial charge < -0.3 is 9.64 Å². The second-order valence-corrected chi connectivity index (χ2v) is 7.85. The number of sulfonamides is 1. The number of carbonyl (C=O) groups is 1. The molecule has 0 spiro atoms. The topological polar surface area (TPSA) is 66.9 Å². The summed E-state index contributed by atoms with van der Waals surface area (Å²) in [5.74, 6) is -1.89. The highest BCUT2D eigenvalue weighted by Crippen LogP contribution is 2.24. The van der Waals surface area contributed by atoms with Crippen LogP contribution in [0.4, 0.5) is 8.78 Å². The average Bonchev–Trinajstić information content (AvgIpc) is 2.67. The molecule has 1 heterocycles. The quantitative estimate of drug-likeness (QED) is 0.794. The van der Waals surface area contributed by atoms with Crippen LogP contribution in [0.25, 0.3) is 0 Å². The number of amides is 1. The van der Waals surface area contributed by atoms with Crippen molar-refractivity contribution in [1.82, 2.24) is 9.21 Å². The first kappa shape index (κ1) is 19.2. The zero-order valence-electron chi connectivity index (χ0n) is 14.6. The lowest BCUT2D eigenvalue weighted by atomic mass is 10.2. The summed E-state index contributed by atoms with van der Waals surface area (Å²) < 4.78 is 58.9. The van der Waals surface area contributed by atoms with E-state index in [2.05, 4.69) is 0 Å². The standard InChI is InChI=1S/C18H18F2N2O4S/c1-26-14-7-5-13(6-8-14)18(23)21-9-11-22(12-10-21)27(24,25)17-15(19)3-2-4-16(17)20/h2-8H,9-12H2,1H3. The molecule has 2 aromatic rings. The van der Waals surface area contributed by atoms with Gasteiger partial charge in [-0.25, -0.2) is 17.2 Å². The largest absolute Gasteiger partial charge is 0.497 e. The zero-order valence-corrected chi connectivity index (χ0v) is 15.4. The van der Waals surface area contributed by atoms with Crippen LogP contribution >= 0.6 is 0 Å². The second kappa shape index (κ2) is 7.61. The lowest BCUT2D eigenvalue weighted by Gasteiger charge is -2.34. The number of hydrogen-bond donors (Lipinski definition) is 0. The fourth-order valence-corrected chi connectivity index (χ4v) is 4.44. The molecule has 1 aliphatic heterocycles. The number of nitrogens with zero attached hydrogens (tertiary/aromatic N) is 2. The summed E-state index contributed by atoms with van der Waals surface area (Å²) in [7, 11) is -2.79. The predicted octanol–water partition coefficient (Wildman–Crippen LogP) is 2.12. The molecule has 0 radical (unpaired) electrons. The van der Waals surface area contributed by atoms with Crippen molar-refractivity contribution in [3.63, 3.8) is 0 Å². The molecule has 0 unspecified atom stereocenters. The first-order chi connectivity index (χ1) is 12.8. The lowest BCUT2D eigenvalue weighted by molar-refractivity contribution is 0.0697. The van der Waals surface area contributed by atoms with E-state index in [0.29, 0.717) is 11.3 Å². The summed E-state index contributed by atoms with van der Waals surface area (Å²) in [6.07, 6.45) is 0. The van der Waals surface area contributed by atoms with Crippen LogP contribution < -0.4 is 4.74 Å². The van der Waals surface area contributed by atoms with Crippen LogP contribution in [-0.2, 0) is 10.0 Å². The van der Waals surface area contributed by atoms with E-state index in [4.69, 9.17) is 4.74 Å². The van der Waals surface area contributed by atoms with E-state index in [9.17, 15) is 22.0 Å². The molecule has 1 saturated heterocycles. The van der Waals surface area contributed by atoms with Crippen LogP contribution in [0.3, 0.4) is 0 Å². The van der Waals surface area contributed by atoms with Gasteiger partial charge in [-0.05, 0) is 36.4 Å². The van der Waals surface area contributed by atoms with Gasteiger partial charge in [0.05, 0.1) is 7.11 Å². The van der Waals surface area contributed by atoms with E-state index < -0.39 is 26.6 Å². The molecule has 9 heteroatoms. The molecule has 0 aromatic heterocycles. The predicted molar refractivity (Wildman–Crippen MR) is 94.0 cm³/mol. The van der Waals surface area contributed by atoms with Gasteiger partial charge in [-0.1, -0.05) is 6.07 Å². The zero-order chi connectivity index (χ0) is 19.6. The SMILES string of the molecule is COc1ccc(C(=O)N2CCN(S(=O)(=O)c3c(F)cccc3F)CC2)cc1. The number of carbonyl (C=O) groups excluding carboxylic acids is 1. The Bertz CT molecular complexity index is 920. The van der Waals surface area contributed by atoms with Gasteiger partial charge >= 0.3 is 0 Å². The van der Waals surface area contributed by atoms with Crippen molar-refractivity contribution in [1.29, 1.82) is 0 Å². The normalized spacial score (nSPS) is 15.6. The van der Waals surface area contributed by atoms with E-state index in [-0.39, 0.29) is 32.1 Å². The van der Waals surface area contributed by atoms with Gasteiger partial charge in [-0.2, -0.15) is 4.31 Å². The number of benzene rings is 2. The smallest absolute Gasteiger partial charge is 0.253 e. The van der Waals surface area contributed by atoms with Gasteiger partial charge in [-0.15, -0.1) is 0 Å². The minimum absolute atomic E-state index is 0.0436. The van der Waals surface area contributed by atoms with Crippen LogP contribution in [0.5, 0.6) is 5.75 Å². The van der Waals surface area contributed by atoms with Gasteiger partial charge in [0.15, 0.2) is 4.90 Å². The number of piperazine rings is 1. The fraction of sp³-hybridized carbons (Fsp3) is 0.278. The molecule has 144 valence electrons. The molecule has 0 N–H and O–H groups in total. The van der Waals surface area contributed by atoms with Crippen molar-refractivity contribution in [2.45, 2.75) is 4.90 Å². The summed E-state index contributed by atoms with van der Waals surface area (Å²) in [4.78, 5) is 13.1. The number of rotatable bonds is 4. The Balaban J connectivity index is 1.72. The van der Waals surface area contributed by atoms with Crippen molar-refractivity contribution in [2.24, 2.45) is 0 Å². The Morgan fingerprint density at radius 2 is 1.52 bits per heavy atom. The summed E-state index contributed by atoms with van der Waals surface area (Å²) >= 11 is 0. The third kappa shape index (κ3) is 3.79. The van der Waals surface area contributed by atoms with E-state index in [1.165, 1.54) is 12.0 Å². The van der Waals surface area contributed by atoms with Gasteiger partial charge in [0.2, 0.25) is 10.0 Å². The summed E-state index contributed by atoms with van der Waals surface area (Å²) in [5, 5.41) is 0. The van der Waals surface area contributed by atoms with Crippen molar-refractivity contribution >= 4 is 15.9 Å². The molecule has 1 amide bonds. The maximum atomic E-state index is 13.9. The second-order valence-electron chi connectivity index (χ2n) is 5.98. The molecule has 0 saturated carbocycles. The van der Waals surface area contributed by atoms with Crippen LogP contribution in [0, 0.1) is 11.6 Å². The number of halogens is 2. The molecule has 0 atom stereocenters. The molecule has 3 rings (SSSR count). The van der Waals surface area contributed by atoms with Gasteiger partial charge in [0.1, 0.15) is 17.4 Å². The Kier molecular flexibility index (Phi) is 5.43. The maximum absolute atomic E-state index is 13.9. The molecule has 1 fully saturated rings. The highest BCUT2D eigenvalue weighted by molar-refractivity contribution is 7.89. The van der Waals surface area contributed by atoms with E-state index >= 15 is 0 Å². The van der Waals surface area contributed by atoms with Crippen LogP contribution in [0.1, 0.15) is 10.4 Å². The minimum atomic E-state index is -4.32. The van der Waals surface area contributed by atoms with Crippen molar-refractivity contribution in [3.8, 4) is 5.75 Å². The minimum Gasteiger partial charge on any atom is -0.497 e. The first-order valence-corrected chi connectivity index (χ1v) is 9.66. The first-order valence-electron chi connectivity index (χ1n) is 8.22. The summed E-state index contributed by atoms with van der Waals surface area (Å²) in [6, 6.07) is 9.48. The van der Waals surface area contributed by atoms with Gasteiger partial charge in [-0.3, -0.25) is 4.79 Å². The number of hydrogen-bond acceptors (Lipinski definition) is 4. The van der Waals surface area contributed by atoms with Crippen LogP contribution in [0.2, 0.25) is 0 Å². The number of ether oxygens (including phenoxy) is 1. The van der Waals surface area contributed by atoms with Crippen molar-refractivity contribution < 1.29 is 26.7 Å². The Morgan fingerprint density at radius 3 is 2.04 bits per heavy atom. The Morgan fingerprint density at radius 1 is 0.963 bits per heavy atom. The summed E-state index contributed by atoms with van der Waals surface area (Å²) in [6.45, 7) is 0.163. The Labute approximate surface area is 156 Å². The third-order valence-corrected chi connectivity index (χ3v) is 6.33. The molecule has 1 aliphatic rings. The van der Waals surface area contributed by atoms with E-state index in [1.54, 1.807) is 24.3 Å². The van der Waals surface area contributed by atoms with Crippen LogP contribution in [0.15, 0.2) is 47.4 Å². The van der Waals surface area contributed by atoms with E-state index in [0.717, 1.165) is 22.5 Å². The van der Waals surface area contributed by atoms with Crippen molar-refractivity contribution in [3.05, 3.63) is 59.7 Å². The average molecular weight is 396 g/mol. The van der Waals surface area contributed by atoms with Crippen LogP contribution in [-0.4, -0.2) is 56.8 Å². The molecule has 0 aliphatic carbocycles. The molecule has 2 aromatic carbocycles. The molecular formula is C18H18F2N2O4S. The van der Waals surface area contributed by atoms with Gasteiger partial charge in [0, 0.05) is 31.7 Å². The maximum Gasteiger partial charge on any atom is 0.253 e. The third-order valence-electron chi connectivity index (χ3n) is 4.38. The highest BCUT2D eigenvalue weighted by Gasteiger charge is 2.34. The molecule has 6 nitrogen and oxygen atoms in total. The molecule has 0 bridgehead atoms. The molecule has 27 heavy (non-hydrogen) atoms. The Hall–Kier alpha value is -2.52. The molecular weight excluding hydrogens is 378 g/mol. The van der Waals surface area contributed by atoms with Crippen molar-refractivity contribution in [2.75, 3.05) is 33.3 Å². The van der Waals surface area contributed by atoms with E-state index in [1.807, 2.05) is 0 Å². The fourth-order valence-electron chi connectivity index (χ4n) is 2.91. The monoisotopic (exact) mass is 396 g/mol.